The number of rotatable bonds is 6. The summed E-state index contributed by atoms with van der Waals surface area (Å²) in [6.07, 6.45) is -4.52. The molecule has 2 aromatic rings. The molecule has 0 aliphatic rings. The van der Waals surface area contributed by atoms with Gasteiger partial charge < -0.3 is 20.5 Å². The standard InChI is InChI=1S/C18H17F3N2O4/c1-10-3-5-12(8-13(10)18(19,20)21)23-17(25)11-4-6-14(15(7-11)26-2)27-9-16(22)24/h3-8H,9H2,1-2H3,(H2,22,24)(H,23,25). The van der Waals surface area contributed by atoms with Crippen LogP contribution < -0.4 is 20.5 Å². The fourth-order valence-electron chi connectivity index (χ4n) is 2.29. The summed E-state index contributed by atoms with van der Waals surface area (Å²) in [7, 11) is 1.34. The second kappa shape index (κ2) is 7.98. The highest BCUT2D eigenvalue weighted by Gasteiger charge is 2.32. The fourth-order valence-corrected chi connectivity index (χ4v) is 2.29. The summed E-state index contributed by atoms with van der Waals surface area (Å²) in [5.74, 6) is -0.947. The second-order valence-corrected chi connectivity index (χ2v) is 5.60. The van der Waals surface area contributed by atoms with Gasteiger partial charge in [0.25, 0.3) is 11.8 Å². The van der Waals surface area contributed by atoms with Gasteiger partial charge in [-0.25, -0.2) is 0 Å². The minimum Gasteiger partial charge on any atom is -0.493 e. The first-order valence-electron chi connectivity index (χ1n) is 7.70. The summed E-state index contributed by atoms with van der Waals surface area (Å²) in [6, 6.07) is 7.64. The van der Waals surface area contributed by atoms with Crippen LogP contribution in [0, 0.1) is 6.92 Å². The molecule has 0 radical (unpaired) electrons. The van der Waals surface area contributed by atoms with Crippen LogP contribution in [0.3, 0.4) is 0 Å². The predicted octanol–water partition coefficient (Wildman–Crippen LogP) is 3.14. The normalized spacial score (nSPS) is 11.0. The zero-order chi connectivity index (χ0) is 20.2. The van der Waals surface area contributed by atoms with E-state index in [1.807, 2.05) is 0 Å². The molecular formula is C18H17F3N2O4. The number of halogens is 3. The Morgan fingerprint density at radius 3 is 2.41 bits per heavy atom. The molecule has 0 bridgehead atoms. The van der Waals surface area contributed by atoms with Gasteiger partial charge in [0.1, 0.15) is 0 Å². The lowest BCUT2D eigenvalue weighted by Crippen LogP contribution is -2.20. The summed E-state index contributed by atoms with van der Waals surface area (Å²) in [5, 5.41) is 2.41. The number of anilines is 1. The highest BCUT2D eigenvalue weighted by atomic mass is 19.4. The Labute approximate surface area is 153 Å². The number of hydrogen-bond donors (Lipinski definition) is 2. The van der Waals surface area contributed by atoms with Gasteiger partial charge in [-0.15, -0.1) is 0 Å². The van der Waals surface area contributed by atoms with Gasteiger partial charge in [-0.05, 0) is 42.8 Å². The molecule has 2 aromatic carbocycles. The number of benzene rings is 2. The number of nitrogens with two attached hydrogens (primary N) is 1. The number of carbonyl (C=O) groups excluding carboxylic acids is 2. The van der Waals surface area contributed by atoms with Gasteiger partial charge in [0.05, 0.1) is 12.7 Å². The number of amides is 2. The summed E-state index contributed by atoms with van der Waals surface area (Å²) in [4.78, 5) is 23.1. The number of ether oxygens (including phenoxy) is 2. The van der Waals surface area contributed by atoms with Crippen LogP contribution >= 0.6 is 0 Å². The third-order valence-electron chi connectivity index (χ3n) is 3.60. The van der Waals surface area contributed by atoms with Crippen molar-refractivity contribution in [2.75, 3.05) is 19.0 Å². The Bertz CT molecular complexity index is 866. The molecule has 144 valence electrons. The van der Waals surface area contributed by atoms with E-state index < -0.39 is 23.6 Å². The van der Waals surface area contributed by atoms with Crippen LogP contribution in [0.4, 0.5) is 18.9 Å². The lowest BCUT2D eigenvalue weighted by Gasteiger charge is -2.14. The topological polar surface area (TPSA) is 90.7 Å². The molecule has 0 fully saturated rings. The van der Waals surface area contributed by atoms with Gasteiger partial charge in [0, 0.05) is 11.3 Å². The molecule has 0 spiro atoms. The highest BCUT2D eigenvalue weighted by molar-refractivity contribution is 6.04. The Morgan fingerprint density at radius 1 is 1.11 bits per heavy atom. The van der Waals surface area contributed by atoms with Crippen LogP contribution in [0.15, 0.2) is 36.4 Å². The van der Waals surface area contributed by atoms with Crippen molar-refractivity contribution in [1.29, 1.82) is 0 Å². The SMILES string of the molecule is COc1cc(C(=O)Nc2ccc(C)c(C(F)(F)F)c2)ccc1OCC(N)=O. The van der Waals surface area contributed by atoms with Crippen LogP contribution in [0.25, 0.3) is 0 Å². The molecule has 9 heteroatoms. The van der Waals surface area contributed by atoms with E-state index in [-0.39, 0.29) is 34.9 Å². The summed E-state index contributed by atoms with van der Waals surface area (Å²) in [6.45, 7) is 0.968. The first kappa shape index (κ1) is 20.1. The van der Waals surface area contributed by atoms with Crippen molar-refractivity contribution in [2.24, 2.45) is 5.73 Å². The number of hydrogen-bond acceptors (Lipinski definition) is 4. The van der Waals surface area contributed by atoms with Gasteiger partial charge in [-0.3, -0.25) is 9.59 Å². The fraction of sp³-hybridized carbons (Fsp3) is 0.222. The second-order valence-electron chi connectivity index (χ2n) is 5.60. The van der Waals surface area contributed by atoms with E-state index in [1.165, 1.54) is 44.4 Å². The highest BCUT2D eigenvalue weighted by Crippen LogP contribution is 2.34. The number of alkyl halides is 3. The minimum absolute atomic E-state index is 0.00551. The number of carbonyl (C=O) groups is 2. The van der Waals surface area contributed by atoms with E-state index in [0.717, 1.165) is 6.07 Å². The van der Waals surface area contributed by atoms with Crippen LogP contribution in [-0.4, -0.2) is 25.5 Å². The van der Waals surface area contributed by atoms with E-state index >= 15 is 0 Å². The summed E-state index contributed by atoms with van der Waals surface area (Å²) in [5.41, 5.74) is 4.37. The average molecular weight is 382 g/mol. The Hall–Kier alpha value is -3.23. The van der Waals surface area contributed by atoms with Crippen LogP contribution in [0.2, 0.25) is 0 Å². The van der Waals surface area contributed by atoms with Gasteiger partial charge in [-0.2, -0.15) is 13.2 Å². The van der Waals surface area contributed by atoms with Crippen molar-refractivity contribution < 1.29 is 32.2 Å². The van der Waals surface area contributed by atoms with Crippen LogP contribution in [0.1, 0.15) is 21.5 Å². The van der Waals surface area contributed by atoms with Crippen molar-refractivity contribution in [3.05, 3.63) is 53.1 Å². The van der Waals surface area contributed by atoms with E-state index in [2.05, 4.69) is 5.32 Å². The third-order valence-corrected chi connectivity index (χ3v) is 3.60. The molecule has 0 saturated heterocycles. The molecule has 0 aromatic heterocycles. The lowest BCUT2D eigenvalue weighted by molar-refractivity contribution is -0.138. The van der Waals surface area contributed by atoms with E-state index in [1.54, 1.807) is 0 Å². The molecular weight excluding hydrogens is 365 g/mol. The van der Waals surface area contributed by atoms with Crippen LogP contribution in [-0.2, 0) is 11.0 Å². The van der Waals surface area contributed by atoms with E-state index in [4.69, 9.17) is 15.2 Å². The average Bonchev–Trinajstić information content (AvgIpc) is 2.60. The number of nitrogens with one attached hydrogen (secondary N) is 1. The maximum atomic E-state index is 13.0. The first-order chi connectivity index (χ1) is 12.6. The van der Waals surface area contributed by atoms with Crippen molar-refractivity contribution in [3.8, 4) is 11.5 Å². The molecule has 2 rings (SSSR count). The van der Waals surface area contributed by atoms with Crippen molar-refractivity contribution in [1.82, 2.24) is 0 Å². The maximum absolute atomic E-state index is 13.0. The molecule has 6 nitrogen and oxygen atoms in total. The molecule has 0 atom stereocenters. The monoisotopic (exact) mass is 382 g/mol. The molecule has 2 amide bonds. The molecule has 0 aliphatic carbocycles. The first-order valence-corrected chi connectivity index (χ1v) is 7.70. The zero-order valence-corrected chi connectivity index (χ0v) is 14.5. The zero-order valence-electron chi connectivity index (χ0n) is 14.5. The Balaban J connectivity index is 2.22. The molecule has 0 unspecified atom stereocenters. The predicted molar refractivity (Wildman–Crippen MR) is 91.8 cm³/mol. The molecule has 0 saturated carbocycles. The Kier molecular flexibility index (Phi) is 5.94. The molecule has 0 heterocycles. The molecule has 0 aliphatic heterocycles. The van der Waals surface area contributed by atoms with Crippen LogP contribution in [0.5, 0.6) is 11.5 Å². The lowest BCUT2D eigenvalue weighted by atomic mass is 10.1. The van der Waals surface area contributed by atoms with Crippen molar-refractivity contribution >= 4 is 17.5 Å². The Morgan fingerprint density at radius 2 is 1.81 bits per heavy atom. The third kappa shape index (κ3) is 5.13. The quantitative estimate of drug-likeness (QED) is 0.803. The minimum atomic E-state index is -4.52. The van der Waals surface area contributed by atoms with Gasteiger partial charge in [0.15, 0.2) is 18.1 Å². The van der Waals surface area contributed by atoms with Gasteiger partial charge >= 0.3 is 6.18 Å². The molecule has 27 heavy (non-hydrogen) atoms. The largest absolute Gasteiger partial charge is 0.493 e. The van der Waals surface area contributed by atoms with E-state index in [9.17, 15) is 22.8 Å². The maximum Gasteiger partial charge on any atom is 0.416 e. The summed E-state index contributed by atoms with van der Waals surface area (Å²) < 4.78 is 49.2. The summed E-state index contributed by atoms with van der Waals surface area (Å²) >= 11 is 0. The van der Waals surface area contributed by atoms with Gasteiger partial charge in [-0.1, -0.05) is 6.07 Å². The van der Waals surface area contributed by atoms with Crippen molar-refractivity contribution in [2.45, 2.75) is 13.1 Å². The van der Waals surface area contributed by atoms with E-state index in [0.29, 0.717) is 0 Å². The van der Waals surface area contributed by atoms with Crippen molar-refractivity contribution in [3.63, 3.8) is 0 Å². The van der Waals surface area contributed by atoms with Gasteiger partial charge in [0.2, 0.25) is 0 Å². The molecule has 3 N–H and O–H groups in total. The number of aryl methyl sites for hydroxylation is 1. The number of primary amides is 1. The smallest absolute Gasteiger partial charge is 0.416 e. The number of methoxy groups -OCH3 is 1.